The first kappa shape index (κ1) is 13.5. The smallest absolute Gasteiger partial charge is 0.251 e. The third-order valence-electron chi connectivity index (χ3n) is 3.05. The Balaban J connectivity index is 2.09. The quantitative estimate of drug-likeness (QED) is 0.818. The number of carbonyl (C=O) groups excluding carboxylic acids is 1. The Morgan fingerprint density at radius 2 is 2.22 bits per heavy atom. The summed E-state index contributed by atoms with van der Waals surface area (Å²) in [4.78, 5) is 14.2. The van der Waals surface area contributed by atoms with E-state index in [1.807, 2.05) is 7.05 Å². The van der Waals surface area contributed by atoms with Crippen LogP contribution >= 0.6 is 23.2 Å². The van der Waals surface area contributed by atoms with Crippen LogP contribution in [-0.2, 0) is 0 Å². The fourth-order valence-corrected chi connectivity index (χ4v) is 2.40. The van der Waals surface area contributed by atoms with E-state index in [0.29, 0.717) is 16.3 Å². The van der Waals surface area contributed by atoms with Crippen molar-refractivity contribution in [1.82, 2.24) is 10.2 Å². The lowest BCUT2D eigenvalue weighted by Crippen LogP contribution is -2.36. The summed E-state index contributed by atoms with van der Waals surface area (Å²) in [5.74, 6) is -0.166. The molecule has 1 unspecified atom stereocenters. The maximum atomic E-state index is 12.0. The van der Waals surface area contributed by atoms with Gasteiger partial charge in [-0.3, -0.25) is 4.79 Å². The van der Waals surface area contributed by atoms with Gasteiger partial charge in [0.05, 0.1) is 15.7 Å². The Hall–Kier alpha value is -0.970. The van der Waals surface area contributed by atoms with E-state index in [1.165, 1.54) is 6.07 Å². The molecular formula is C12H15Cl2N3O. The molecule has 1 aliphatic rings. The summed E-state index contributed by atoms with van der Waals surface area (Å²) in [6.07, 6.45) is 0.957. The van der Waals surface area contributed by atoms with Gasteiger partial charge in [0.15, 0.2) is 0 Å². The van der Waals surface area contributed by atoms with Crippen LogP contribution in [0.25, 0.3) is 0 Å². The molecule has 0 bridgehead atoms. The second kappa shape index (κ2) is 5.34. The fourth-order valence-electron chi connectivity index (χ4n) is 2.06. The van der Waals surface area contributed by atoms with Crippen molar-refractivity contribution in [2.24, 2.45) is 0 Å². The van der Waals surface area contributed by atoms with Gasteiger partial charge in [0.1, 0.15) is 0 Å². The Morgan fingerprint density at radius 1 is 1.50 bits per heavy atom. The molecule has 1 aromatic rings. The number of halogens is 2. The van der Waals surface area contributed by atoms with Crippen molar-refractivity contribution in [2.75, 3.05) is 25.9 Å². The lowest BCUT2D eigenvalue weighted by molar-refractivity contribution is 0.0938. The van der Waals surface area contributed by atoms with E-state index < -0.39 is 0 Å². The average molecular weight is 288 g/mol. The number of likely N-dealkylation sites (N-methyl/N-ethyl adjacent to an activating group) is 1. The van der Waals surface area contributed by atoms with Crippen LogP contribution in [0, 0.1) is 0 Å². The van der Waals surface area contributed by atoms with Gasteiger partial charge in [-0.15, -0.1) is 0 Å². The molecule has 1 amide bonds. The molecule has 0 aliphatic carbocycles. The number of likely N-dealkylation sites (tertiary alicyclic amines) is 1. The number of hydrogen-bond donors (Lipinski definition) is 2. The van der Waals surface area contributed by atoms with Crippen molar-refractivity contribution < 1.29 is 4.79 Å². The van der Waals surface area contributed by atoms with Crippen molar-refractivity contribution in [1.29, 1.82) is 0 Å². The summed E-state index contributed by atoms with van der Waals surface area (Å²) in [5, 5.41) is 3.54. The molecule has 0 aromatic heterocycles. The molecule has 0 radical (unpaired) electrons. The van der Waals surface area contributed by atoms with Crippen molar-refractivity contribution in [3.63, 3.8) is 0 Å². The zero-order valence-corrected chi connectivity index (χ0v) is 11.6. The number of nitrogens with one attached hydrogen (secondary N) is 1. The fraction of sp³-hybridized carbons (Fsp3) is 0.417. The van der Waals surface area contributed by atoms with E-state index >= 15 is 0 Å². The molecule has 1 aliphatic heterocycles. The van der Waals surface area contributed by atoms with Crippen LogP contribution in [0.3, 0.4) is 0 Å². The molecule has 18 heavy (non-hydrogen) atoms. The SMILES string of the molecule is CN1CCC(NC(=O)c2cc(N)c(Cl)c(Cl)c2)C1. The number of benzene rings is 1. The second-order valence-corrected chi connectivity index (χ2v) is 5.37. The lowest BCUT2D eigenvalue weighted by Gasteiger charge is -2.13. The third-order valence-corrected chi connectivity index (χ3v) is 3.86. The zero-order chi connectivity index (χ0) is 13.3. The van der Waals surface area contributed by atoms with Crippen molar-refractivity contribution in [3.8, 4) is 0 Å². The van der Waals surface area contributed by atoms with E-state index in [-0.39, 0.29) is 17.0 Å². The van der Waals surface area contributed by atoms with Gasteiger partial charge in [0.2, 0.25) is 0 Å². The van der Waals surface area contributed by atoms with E-state index in [2.05, 4.69) is 10.2 Å². The molecule has 4 nitrogen and oxygen atoms in total. The number of hydrogen-bond acceptors (Lipinski definition) is 3. The highest BCUT2D eigenvalue weighted by atomic mass is 35.5. The van der Waals surface area contributed by atoms with Gasteiger partial charge in [-0.25, -0.2) is 0 Å². The number of anilines is 1. The summed E-state index contributed by atoms with van der Waals surface area (Å²) in [6, 6.07) is 3.26. The highest BCUT2D eigenvalue weighted by Gasteiger charge is 2.22. The van der Waals surface area contributed by atoms with Gasteiger partial charge in [-0.2, -0.15) is 0 Å². The number of nitrogens with zero attached hydrogens (tertiary/aromatic N) is 1. The maximum absolute atomic E-state index is 12.0. The van der Waals surface area contributed by atoms with E-state index in [1.54, 1.807) is 6.07 Å². The van der Waals surface area contributed by atoms with Crippen LogP contribution in [0.4, 0.5) is 5.69 Å². The van der Waals surface area contributed by atoms with Crippen LogP contribution in [0.5, 0.6) is 0 Å². The minimum Gasteiger partial charge on any atom is -0.397 e. The molecule has 98 valence electrons. The van der Waals surface area contributed by atoms with E-state index in [4.69, 9.17) is 28.9 Å². The number of nitrogen functional groups attached to an aromatic ring is 1. The molecule has 1 atom stereocenters. The van der Waals surface area contributed by atoms with Gasteiger partial charge >= 0.3 is 0 Å². The van der Waals surface area contributed by atoms with E-state index in [0.717, 1.165) is 19.5 Å². The summed E-state index contributed by atoms with van der Waals surface area (Å²) in [5.41, 5.74) is 6.44. The summed E-state index contributed by atoms with van der Waals surface area (Å²) in [7, 11) is 2.03. The predicted molar refractivity (Wildman–Crippen MR) is 74.2 cm³/mol. The molecule has 0 saturated carbocycles. The van der Waals surface area contributed by atoms with Gasteiger partial charge in [-0.05, 0) is 32.1 Å². The largest absolute Gasteiger partial charge is 0.397 e. The topological polar surface area (TPSA) is 58.4 Å². The van der Waals surface area contributed by atoms with Crippen molar-refractivity contribution in [3.05, 3.63) is 27.7 Å². The van der Waals surface area contributed by atoms with E-state index in [9.17, 15) is 4.79 Å². The van der Waals surface area contributed by atoms with Crippen molar-refractivity contribution in [2.45, 2.75) is 12.5 Å². The standard InChI is InChI=1S/C12H15Cl2N3O/c1-17-3-2-8(6-17)16-12(18)7-4-9(13)11(14)10(15)5-7/h4-5,8H,2-3,6,15H2,1H3,(H,16,18). The van der Waals surface area contributed by atoms with Gasteiger partial charge in [0, 0.05) is 18.2 Å². The van der Waals surface area contributed by atoms with Crippen LogP contribution in [0.15, 0.2) is 12.1 Å². The van der Waals surface area contributed by atoms with Crippen LogP contribution in [-0.4, -0.2) is 37.0 Å². The first-order chi connectivity index (χ1) is 8.47. The Bertz CT molecular complexity index is 455. The number of carbonyl (C=O) groups is 1. The van der Waals surface area contributed by atoms with Crippen molar-refractivity contribution >= 4 is 34.8 Å². The normalized spacial score (nSPS) is 20.1. The zero-order valence-electron chi connectivity index (χ0n) is 10.0. The Kier molecular flexibility index (Phi) is 4.00. The molecule has 1 heterocycles. The maximum Gasteiger partial charge on any atom is 0.251 e. The van der Waals surface area contributed by atoms with Gasteiger partial charge in [0.25, 0.3) is 5.91 Å². The first-order valence-electron chi connectivity index (χ1n) is 5.71. The van der Waals surface area contributed by atoms with Gasteiger partial charge in [-0.1, -0.05) is 23.2 Å². The third kappa shape index (κ3) is 2.88. The number of nitrogens with two attached hydrogens (primary N) is 1. The lowest BCUT2D eigenvalue weighted by atomic mass is 10.1. The van der Waals surface area contributed by atoms with Crippen LogP contribution < -0.4 is 11.1 Å². The minimum absolute atomic E-state index is 0.166. The number of amides is 1. The number of rotatable bonds is 2. The molecule has 2 rings (SSSR count). The van der Waals surface area contributed by atoms with Crippen LogP contribution in [0.1, 0.15) is 16.8 Å². The molecule has 6 heteroatoms. The summed E-state index contributed by atoms with van der Waals surface area (Å²) >= 11 is 11.8. The highest BCUT2D eigenvalue weighted by Crippen LogP contribution is 2.29. The molecule has 1 saturated heterocycles. The highest BCUT2D eigenvalue weighted by molar-refractivity contribution is 6.43. The second-order valence-electron chi connectivity index (χ2n) is 4.58. The first-order valence-corrected chi connectivity index (χ1v) is 6.47. The molecule has 0 spiro atoms. The Morgan fingerprint density at radius 3 is 2.78 bits per heavy atom. The summed E-state index contributed by atoms with van der Waals surface area (Å²) < 4.78 is 0. The molecule has 1 aromatic carbocycles. The average Bonchev–Trinajstić information content (AvgIpc) is 2.71. The minimum atomic E-state index is -0.166. The summed E-state index contributed by atoms with van der Waals surface area (Å²) in [6.45, 7) is 1.86. The molecule has 3 N–H and O–H groups in total. The van der Waals surface area contributed by atoms with Gasteiger partial charge < -0.3 is 16.0 Å². The van der Waals surface area contributed by atoms with Crippen LogP contribution in [0.2, 0.25) is 10.0 Å². The predicted octanol–water partition coefficient (Wildman–Crippen LogP) is 2.01. The molecule has 1 fully saturated rings. The molecular weight excluding hydrogens is 273 g/mol. The monoisotopic (exact) mass is 287 g/mol. The Labute approximate surface area is 116 Å².